The molecule has 0 unspecified atom stereocenters. The summed E-state index contributed by atoms with van der Waals surface area (Å²) in [4.78, 5) is 10.6. The van der Waals surface area contributed by atoms with Crippen molar-refractivity contribution in [1.82, 2.24) is 0 Å². The topological polar surface area (TPSA) is 72.5 Å². The lowest BCUT2D eigenvalue weighted by Gasteiger charge is -2.06. The summed E-state index contributed by atoms with van der Waals surface area (Å²) in [5.41, 5.74) is 5.01. The lowest BCUT2D eigenvalue weighted by molar-refractivity contribution is -0.137. The fourth-order valence-electron chi connectivity index (χ4n) is 0.797. The molecule has 76 valence electrons. The van der Waals surface area contributed by atoms with E-state index < -0.39 is 30.0 Å². The molecule has 0 aliphatic heterocycles. The van der Waals surface area contributed by atoms with Crippen LogP contribution in [0.4, 0.5) is 14.5 Å². The molecule has 0 radical (unpaired) electrons. The van der Waals surface area contributed by atoms with E-state index in [1.54, 1.807) is 0 Å². The molecule has 0 saturated carbocycles. The number of carbonyl (C=O) groups excluding carboxylic acids is 1. The maximum absolute atomic E-state index is 12.9. The first kappa shape index (κ1) is 10.4. The number of aliphatic hydroxyl groups is 1. The molecule has 0 aromatic heterocycles. The Morgan fingerprint density at radius 3 is 2.71 bits per heavy atom. The molecule has 0 aliphatic carbocycles. The summed E-state index contributed by atoms with van der Waals surface area (Å²) >= 11 is 0. The second-order valence-electron chi connectivity index (χ2n) is 2.41. The van der Waals surface area contributed by atoms with Crippen LogP contribution in [0.15, 0.2) is 12.1 Å². The van der Waals surface area contributed by atoms with Gasteiger partial charge in [-0.2, -0.15) is 4.39 Å². The molecule has 0 fully saturated rings. The van der Waals surface area contributed by atoms with Crippen LogP contribution in [0, 0.1) is 11.6 Å². The van der Waals surface area contributed by atoms with Crippen molar-refractivity contribution in [3.05, 3.63) is 23.8 Å². The zero-order valence-corrected chi connectivity index (χ0v) is 6.96. The van der Waals surface area contributed by atoms with Gasteiger partial charge in [-0.1, -0.05) is 0 Å². The maximum atomic E-state index is 12.9. The van der Waals surface area contributed by atoms with Crippen LogP contribution in [-0.2, 0) is 4.79 Å². The number of carbonyl (C=O) groups is 1. The van der Waals surface area contributed by atoms with E-state index in [2.05, 4.69) is 4.74 Å². The molecule has 14 heavy (non-hydrogen) atoms. The molecule has 1 rings (SSSR count). The third kappa shape index (κ3) is 1.97. The van der Waals surface area contributed by atoms with Gasteiger partial charge in [0, 0.05) is 0 Å². The highest BCUT2D eigenvalue weighted by Crippen LogP contribution is 2.27. The number of esters is 1. The van der Waals surface area contributed by atoms with E-state index in [1.807, 2.05) is 0 Å². The average Bonchev–Trinajstić information content (AvgIpc) is 2.18. The highest BCUT2D eigenvalue weighted by molar-refractivity contribution is 5.75. The fourth-order valence-corrected chi connectivity index (χ4v) is 0.797. The lowest BCUT2D eigenvalue weighted by atomic mass is 10.3. The van der Waals surface area contributed by atoms with E-state index in [-0.39, 0.29) is 5.69 Å². The molecule has 3 N–H and O–H groups in total. The van der Waals surface area contributed by atoms with Crippen molar-refractivity contribution in [2.75, 3.05) is 12.3 Å². The highest BCUT2D eigenvalue weighted by Gasteiger charge is 2.16. The molecular weight excluding hydrogens is 196 g/mol. The van der Waals surface area contributed by atoms with Gasteiger partial charge in [-0.15, -0.1) is 0 Å². The number of ether oxygens (including phenoxy) is 1. The van der Waals surface area contributed by atoms with Gasteiger partial charge in [-0.05, 0) is 12.1 Å². The Labute approximate surface area is 77.9 Å². The summed E-state index contributed by atoms with van der Waals surface area (Å²) in [5, 5.41) is 8.32. The molecule has 4 nitrogen and oxygen atoms in total. The first-order valence-corrected chi connectivity index (χ1v) is 3.61. The van der Waals surface area contributed by atoms with Gasteiger partial charge in [0.25, 0.3) is 0 Å². The number of hydrogen-bond donors (Lipinski definition) is 2. The molecular formula is C8H7F2NO3. The van der Waals surface area contributed by atoms with E-state index in [0.29, 0.717) is 0 Å². The van der Waals surface area contributed by atoms with Crippen molar-refractivity contribution in [2.24, 2.45) is 0 Å². The van der Waals surface area contributed by atoms with E-state index >= 15 is 0 Å². The number of anilines is 1. The molecule has 1 aromatic carbocycles. The number of benzene rings is 1. The Hall–Kier alpha value is -1.69. The fraction of sp³-hybridized carbons (Fsp3) is 0.125. The van der Waals surface area contributed by atoms with Crippen LogP contribution in [0.2, 0.25) is 0 Å². The predicted octanol–water partition coefficient (Wildman–Crippen LogP) is 0.445. The molecule has 0 heterocycles. The van der Waals surface area contributed by atoms with Crippen LogP contribution in [0.3, 0.4) is 0 Å². The number of nitrogen functional groups attached to an aromatic ring is 1. The van der Waals surface area contributed by atoms with E-state index in [0.717, 1.165) is 12.1 Å². The quantitative estimate of drug-likeness (QED) is 0.415. The number of nitrogens with two attached hydrogens (primary N) is 1. The molecule has 0 saturated heterocycles. The average molecular weight is 203 g/mol. The van der Waals surface area contributed by atoms with Gasteiger partial charge in [-0.25, -0.2) is 9.18 Å². The molecule has 0 amide bonds. The van der Waals surface area contributed by atoms with Gasteiger partial charge in [0.05, 0.1) is 5.69 Å². The largest absolute Gasteiger partial charge is 0.419 e. The third-order valence-electron chi connectivity index (χ3n) is 1.43. The minimum Gasteiger partial charge on any atom is -0.419 e. The Kier molecular flexibility index (Phi) is 2.98. The summed E-state index contributed by atoms with van der Waals surface area (Å²) in [5.74, 6) is -4.35. The van der Waals surface area contributed by atoms with Gasteiger partial charge in [0.15, 0.2) is 11.6 Å². The molecule has 0 aliphatic rings. The number of hydrogen-bond acceptors (Lipinski definition) is 4. The van der Waals surface area contributed by atoms with Gasteiger partial charge in [0.1, 0.15) is 6.61 Å². The monoisotopic (exact) mass is 203 g/mol. The zero-order chi connectivity index (χ0) is 10.7. The smallest absolute Gasteiger partial charge is 0.337 e. The standard InChI is InChI=1S/C8H7F2NO3/c9-4-1-2-5(11)8(7(4)10)14-6(13)3-12/h1-2,12H,3,11H2. The zero-order valence-electron chi connectivity index (χ0n) is 6.96. The van der Waals surface area contributed by atoms with E-state index in [4.69, 9.17) is 10.8 Å². The predicted molar refractivity (Wildman–Crippen MR) is 43.5 cm³/mol. The maximum Gasteiger partial charge on any atom is 0.337 e. The number of halogens is 2. The summed E-state index contributed by atoms with van der Waals surface area (Å²) in [6, 6.07) is 1.86. The summed E-state index contributed by atoms with van der Waals surface area (Å²) in [6.45, 7) is -0.935. The van der Waals surface area contributed by atoms with Crippen molar-refractivity contribution in [3.63, 3.8) is 0 Å². The van der Waals surface area contributed by atoms with Crippen LogP contribution in [-0.4, -0.2) is 17.7 Å². The van der Waals surface area contributed by atoms with Crippen LogP contribution in [0.5, 0.6) is 5.75 Å². The highest BCUT2D eigenvalue weighted by atomic mass is 19.2. The Balaban J connectivity index is 3.06. The molecule has 0 bridgehead atoms. The Morgan fingerprint density at radius 2 is 2.14 bits per heavy atom. The molecule has 0 atom stereocenters. The van der Waals surface area contributed by atoms with Crippen molar-refractivity contribution in [1.29, 1.82) is 0 Å². The normalized spacial score (nSPS) is 9.93. The van der Waals surface area contributed by atoms with E-state index in [9.17, 15) is 13.6 Å². The SMILES string of the molecule is Nc1ccc(F)c(F)c1OC(=O)CO. The van der Waals surface area contributed by atoms with Crippen molar-refractivity contribution < 1.29 is 23.4 Å². The molecule has 6 heteroatoms. The van der Waals surface area contributed by atoms with Gasteiger partial charge < -0.3 is 15.6 Å². The molecule has 1 aromatic rings. The first-order valence-electron chi connectivity index (χ1n) is 3.61. The second-order valence-corrected chi connectivity index (χ2v) is 2.41. The second kappa shape index (κ2) is 4.01. The Bertz CT molecular complexity index is 368. The van der Waals surface area contributed by atoms with Gasteiger partial charge in [0.2, 0.25) is 5.82 Å². The first-order chi connectivity index (χ1) is 6.56. The van der Waals surface area contributed by atoms with Crippen LogP contribution >= 0.6 is 0 Å². The third-order valence-corrected chi connectivity index (χ3v) is 1.43. The summed E-state index contributed by atoms with van der Waals surface area (Å²) in [6.07, 6.45) is 0. The summed E-state index contributed by atoms with van der Waals surface area (Å²) < 4.78 is 29.9. The minimum absolute atomic E-state index is 0.217. The van der Waals surface area contributed by atoms with E-state index in [1.165, 1.54) is 0 Å². The van der Waals surface area contributed by atoms with Crippen LogP contribution in [0.25, 0.3) is 0 Å². The molecule has 0 spiro atoms. The number of aliphatic hydroxyl groups excluding tert-OH is 1. The van der Waals surface area contributed by atoms with Crippen molar-refractivity contribution in [3.8, 4) is 5.75 Å². The van der Waals surface area contributed by atoms with Gasteiger partial charge >= 0.3 is 5.97 Å². The van der Waals surface area contributed by atoms with Crippen molar-refractivity contribution >= 4 is 11.7 Å². The Morgan fingerprint density at radius 1 is 1.50 bits per heavy atom. The van der Waals surface area contributed by atoms with Crippen LogP contribution < -0.4 is 10.5 Å². The minimum atomic E-state index is -1.35. The van der Waals surface area contributed by atoms with Gasteiger partial charge in [-0.3, -0.25) is 0 Å². The van der Waals surface area contributed by atoms with Crippen molar-refractivity contribution in [2.45, 2.75) is 0 Å². The summed E-state index contributed by atoms with van der Waals surface area (Å²) in [7, 11) is 0. The lowest BCUT2D eigenvalue weighted by Crippen LogP contribution is -2.14. The number of rotatable bonds is 2. The van der Waals surface area contributed by atoms with Crippen LogP contribution in [0.1, 0.15) is 0 Å².